The molecule has 0 unspecified atom stereocenters. The van der Waals surface area contributed by atoms with Gasteiger partial charge in [0.15, 0.2) is 0 Å². The van der Waals surface area contributed by atoms with Crippen molar-refractivity contribution in [3.8, 4) is 0 Å². The van der Waals surface area contributed by atoms with Crippen LogP contribution < -0.4 is 0 Å². The number of esters is 3. The number of carbonyl (C=O) groups excluding carboxylic acids is 3. The van der Waals surface area contributed by atoms with E-state index < -0.39 is 0 Å². The van der Waals surface area contributed by atoms with Gasteiger partial charge in [-0.1, -0.05) is 91.0 Å². The second-order valence-electron chi connectivity index (χ2n) is 12.4. The van der Waals surface area contributed by atoms with Crippen LogP contribution in [-0.2, 0) is 48.4 Å². The fourth-order valence-electron chi connectivity index (χ4n) is 4.88. The number of rotatable bonds is 24. The van der Waals surface area contributed by atoms with Gasteiger partial charge < -0.3 is 28.9 Å². The van der Waals surface area contributed by atoms with E-state index in [-0.39, 0.29) is 37.7 Å². The van der Waals surface area contributed by atoms with Crippen molar-refractivity contribution in [1.29, 1.82) is 0 Å². The van der Waals surface area contributed by atoms with E-state index in [1.807, 2.05) is 112 Å². The van der Waals surface area contributed by atoms with Gasteiger partial charge in [0, 0.05) is 58.9 Å². The number of ether oxygens (including phenoxy) is 3. The monoisotopic (exact) mass is 674 g/mol. The van der Waals surface area contributed by atoms with Crippen molar-refractivity contribution in [3.05, 3.63) is 108 Å². The van der Waals surface area contributed by atoms with E-state index in [9.17, 15) is 14.4 Å². The molecule has 49 heavy (non-hydrogen) atoms. The van der Waals surface area contributed by atoms with E-state index in [0.29, 0.717) is 38.9 Å². The lowest BCUT2D eigenvalue weighted by Gasteiger charge is -2.29. The van der Waals surface area contributed by atoms with Gasteiger partial charge in [-0.05, 0) is 37.8 Å². The predicted molar refractivity (Wildman–Crippen MR) is 191 cm³/mol. The topological polar surface area (TPSA) is 91.9 Å². The molecule has 266 valence electrons. The molecule has 3 rings (SSSR count). The molecule has 0 saturated heterocycles. The first-order valence-electron chi connectivity index (χ1n) is 17.1. The van der Waals surface area contributed by atoms with Crippen LogP contribution in [0, 0.1) is 0 Å². The number of likely N-dealkylation sites (N-methyl/N-ethyl adjacent to an activating group) is 3. The van der Waals surface area contributed by atoms with Gasteiger partial charge in [0.05, 0.1) is 19.3 Å². The second-order valence-corrected chi connectivity index (χ2v) is 12.4. The highest BCUT2D eigenvalue weighted by Gasteiger charge is 2.14. The maximum Gasteiger partial charge on any atom is 0.307 e. The molecule has 0 heterocycles. The van der Waals surface area contributed by atoms with Gasteiger partial charge in [-0.2, -0.15) is 0 Å². The Morgan fingerprint density at radius 2 is 0.673 bits per heavy atom. The van der Waals surface area contributed by atoms with Crippen LogP contribution in [0.25, 0.3) is 0 Å². The van der Waals surface area contributed by atoms with Crippen molar-refractivity contribution in [3.63, 3.8) is 0 Å². The van der Waals surface area contributed by atoms with Gasteiger partial charge in [0.25, 0.3) is 0 Å². The molecule has 0 N–H and O–H groups in total. The Bertz CT molecular complexity index is 1180. The summed E-state index contributed by atoms with van der Waals surface area (Å²) in [6.45, 7) is 7.49. The zero-order valence-corrected chi connectivity index (χ0v) is 29.5. The van der Waals surface area contributed by atoms with E-state index in [4.69, 9.17) is 14.2 Å². The number of hydrogen-bond donors (Lipinski definition) is 0. The largest absolute Gasteiger partial charge is 0.461 e. The fraction of sp³-hybridized carbons (Fsp3) is 0.462. The first kappa shape index (κ1) is 39.3. The summed E-state index contributed by atoms with van der Waals surface area (Å²) in [6, 6.07) is 29.1. The Balaban J connectivity index is 1.39. The van der Waals surface area contributed by atoms with E-state index in [0.717, 1.165) is 56.0 Å². The Morgan fingerprint density at radius 3 is 0.939 bits per heavy atom. The standard InChI is InChI=1S/C39H54N4O6/c1-40(22-19-37(44)47-31-34-13-7-4-8-14-34)25-28-43(29-26-41(2)23-20-38(45)48-32-35-15-9-5-10-16-35)30-27-42(3)24-21-39(46)49-33-36-17-11-6-12-18-36/h4-18H,19-33H2,1-3H3. The molecule has 0 aliphatic carbocycles. The normalized spacial score (nSPS) is 11.3. The molecule has 0 fully saturated rings. The van der Waals surface area contributed by atoms with Crippen LogP contribution in [-0.4, -0.2) is 118 Å². The van der Waals surface area contributed by atoms with Crippen molar-refractivity contribution in [2.45, 2.75) is 39.1 Å². The van der Waals surface area contributed by atoms with E-state index >= 15 is 0 Å². The number of nitrogens with zero attached hydrogens (tertiary/aromatic N) is 4. The van der Waals surface area contributed by atoms with Crippen LogP contribution in [0.15, 0.2) is 91.0 Å². The molecular formula is C39H54N4O6. The minimum atomic E-state index is -0.208. The molecule has 0 bridgehead atoms. The molecule has 0 radical (unpaired) electrons. The first-order valence-corrected chi connectivity index (χ1v) is 17.1. The Hall–Kier alpha value is -4.09. The van der Waals surface area contributed by atoms with Crippen molar-refractivity contribution in [2.75, 3.05) is 80.0 Å². The van der Waals surface area contributed by atoms with E-state index in [1.54, 1.807) is 0 Å². The smallest absolute Gasteiger partial charge is 0.307 e. The van der Waals surface area contributed by atoms with Gasteiger partial charge in [-0.15, -0.1) is 0 Å². The van der Waals surface area contributed by atoms with Gasteiger partial charge in [-0.25, -0.2) is 0 Å². The van der Waals surface area contributed by atoms with E-state index in [1.165, 1.54) is 0 Å². The molecule has 3 aromatic carbocycles. The van der Waals surface area contributed by atoms with Crippen LogP contribution in [0.2, 0.25) is 0 Å². The Kier molecular flexibility index (Phi) is 18.7. The van der Waals surface area contributed by atoms with Crippen LogP contribution in [0.4, 0.5) is 0 Å². The summed E-state index contributed by atoms with van der Waals surface area (Å²) in [5, 5.41) is 0. The van der Waals surface area contributed by atoms with Gasteiger partial charge in [-0.3, -0.25) is 19.3 Å². The highest BCUT2D eigenvalue weighted by Crippen LogP contribution is 2.05. The van der Waals surface area contributed by atoms with Gasteiger partial charge in [0.2, 0.25) is 0 Å². The zero-order valence-electron chi connectivity index (χ0n) is 29.5. The second kappa shape index (κ2) is 23.3. The SMILES string of the molecule is CN(CCC(=O)OCc1ccccc1)CCN(CCN(C)CCC(=O)OCc1ccccc1)CCN(C)CCC(=O)OCc1ccccc1. The third-order valence-corrected chi connectivity index (χ3v) is 8.21. The van der Waals surface area contributed by atoms with E-state index in [2.05, 4.69) is 19.6 Å². The molecule has 0 saturated carbocycles. The lowest BCUT2D eigenvalue weighted by atomic mass is 10.2. The molecule has 10 nitrogen and oxygen atoms in total. The summed E-state index contributed by atoms with van der Waals surface area (Å²) in [4.78, 5) is 45.8. The summed E-state index contributed by atoms with van der Waals surface area (Å²) in [7, 11) is 6.05. The molecule has 0 aliphatic rings. The van der Waals surface area contributed by atoms with Crippen molar-refractivity contribution in [2.24, 2.45) is 0 Å². The molecule has 0 aliphatic heterocycles. The lowest BCUT2D eigenvalue weighted by Crippen LogP contribution is -2.42. The molecule has 0 aromatic heterocycles. The number of hydrogen-bond acceptors (Lipinski definition) is 10. The molecule has 0 atom stereocenters. The summed E-state index contributed by atoms with van der Waals surface area (Å²) < 4.78 is 16.3. The van der Waals surface area contributed by atoms with Crippen LogP contribution in [0.5, 0.6) is 0 Å². The minimum Gasteiger partial charge on any atom is -0.461 e. The van der Waals surface area contributed by atoms with Crippen LogP contribution >= 0.6 is 0 Å². The van der Waals surface area contributed by atoms with Crippen molar-refractivity contribution < 1.29 is 28.6 Å². The predicted octanol–water partition coefficient (Wildman–Crippen LogP) is 4.48. The quantitative estimate of drug-likeness (QED) is 0.100. The van der Waals surface area contributed by atoms with Crippen LogP contribution in [0.1, 0.15) is 36.0 Å². The maximum absolute atomic E-state index is 12.3. The lowest BCUT2D eigenvalue weighted by molar-refractivity contribution is -0.146. The zero-order chi connectivity index (χ0) is 35.1. The van der Waals surface area contributed by atoms with Gasteiger partial charge in [0.1, 0.15) is 19.8 Å². The maximum atomic E-state index is 12.3. The highest BCUT2D eigenvalue weighted by atomic mass is 16.5. The summed E-state index contributed by atoms with van der Waals surface area (Å²) in [5.41, 5.74) is 2.92. The third kappa shape index (κ3) is 18.3. The number of benzene rings is 3. The molecule has 10 heteroatoms. The minimum absolute atomic E-state index is 0.208. The summed E-state index contributed by atoms with van der Waals surface area (Å²) in [6.07, 6.45) is 0.987. The summed E-state index contributed by atoms with van der Waals surface area (Å²) >= 11 is 0. The third-order valence-electron chi connectivity index (χ3n) is 8.21. The fourth-order valence-corrected chi connectivity index (χ4v) is 4.88. The molecular weight excluding hydrogens is 620 g/mol. The Morgan fingerprint density at radius 1 is 0.408 bits per heavy atom. The number of carbonyl (C=O) groups is 3. The molecule has 3 aromatic rings. The molecule has 0 amide bonds. The summed E-state index contributed by atoms with van der Waals surface area (Å²) in [5.74, 6) is -0.624. The van der Waals surface area contributed by atoms with Crippen LogP contribution in [0.3, 0.4) is 0 Å². The Labute approximate surface area is 292 Å². The van der Waals surface area contributed by atoms with Gasteiger partial charge >= 0.3 is 17.9 Å². The highest BCUT2D eigenvalue weighted by molar-refractivity contribution is 5.70. The average Bonchev–Trinajstić information content (AvgIpc) is 3.13. The van der Waals surface area contributed by atoms with Crippen molar-refractivity contribution >= 4 is 17.9 Å². The molecule has 0 spiro atoms. The average molecular weight is 675 g/mol. The van der Waals surface area contributed by atoms with Crippen molar-refractivity contribution in [1.82, 2.24) is 19.6 Å². The first-order chi connectivity index (χ1) is 23.8.